The third-order valence-corrected chi connectivity index (χ3v) is 3.59. The molecule has 114 valence electrons. The molecule has 1 unspecified atom stereocenters. The van der Waals surface area contributed by atoms with Crippen molar-refractivity contribution < 1.29 is 4.39 Å². The van der Waals surface area contributed by atoms with Crippen molar-refractivity contribution in [3.8, 4) is 0 Å². The van der Waals surface area contributed by atoms with Crippen molar-refractivity contribution in [3.05, 3.63) is 46.8 Å². The predicted molar refractivity (Wildman–Crippen MR) is 81.8 cm³/mol. The summed E-state index contributed by atoms with van der Waals surface area (Å²) in [6.07, 6.45) is 3.08. The number of halogens is 2. The van der Waals surface area contributed by atoms with E-state index in [1.54, 1.807) is 12.1 Å². The predicted octanol–water partition coefficient (Wildman–Crippen LogP) is 3.37. The molecule has 2 rings (SSSR count). The number of nitrogens with zero attached hydrogens (tertiary/aromatic N) is 3. The summed E-state index contributed by atoms with van der Waals surface area (Å²) in [5, 5.41) is 8.06. The van der Waals surface area contributed by atoms with Crippen molar-refractivity contribution in [3.63, 3.8) is 0 Å². The maximum absolute atomic E-state index is 14.1. The molecular formula is C15H20ClFN4. The number of rotatable bonds is 7. The van der Waals surface area contributed by atoms with Gasteiger partial charge < -0.3 is 5.32 Å². The van der Waals surface area contributed by atoms with Gasteiger partial charge in [0.05, 0.1) is 0 Å². The average Bonchev–Trinajstić information content (AvgIpc) is 2.93. The van der Waals surface area contributed by atoms with Gasteiger partial charge in [0.25, 0.3) is 0 Å². The Hall–Kier alpha value is -1.46. The molecule has 0 aliphatic carbocycles. The molecule has 0 fully saturated rings. The van der Waals surface area contributed by atoms with E-state index in [9.17, 15) is 4.39 Å². The summed E-state index contributed by atoms with van der Waals surface area (Å²) in [4.78, 5) is 4.27. The van der Waals surface area contributed by atoms with Crippen molar-refractivity contribution in [2.24, 2.45) is 0 Å². The number of aryl methyl sites for hydroxylation is 1. The Kier molecular flexibility index (Phi) is 5.70. The van der Waals surface area contributed by atoms with Crippen molar-refractivity contribution in [2.75, 3.05) is 6.54 Å². The van der Waals surface area contributed by atoms with Gasteiger partial charge in [0.1, 0.15) is 18.0 Å². The van der Waals surface area contributed by atoms with Gasteiger partial charge in [-0.25, -0.2) is 9.37 Å². The number of hydrogen-bond acceptors (Lipinski definition) is 3. The second kappa shape index (κ2) is 7.52. The Bertz CT molecular complexity index is 585. The van der Waals surface area contributed by atoms with Gasteiger partial charge in [0.15, 0.2) is 0 Å². The Labute approximate surface area is 129 Å². The molecule has 0 aliphatic heterocycles. The van der Waals surface area contributed by atoms with Crippen LogP contribution in [0.4, 0.5) is 4.39 Å². The van der Waals surface area contributed by atoms with Crippen LogP contribution in [0.2, 0.25) is 5.02 Å². The van der Waals surface area contributed by atoms with E-state index in [0.717, 1.165) is 25.3 Å². The summed E-state index contributed by atoms with van der Waals surface area (Å²) in [7, 11) is 0. The molecule has 2 aromatic rings. The van der Waals surface area contributed by atoms with Crippen molar-refractivity contribution >= 4 is 11.6 Å². The lowest BCUT2D eigenvalue weighted by Gasteiger charge is -2.19. The molecule has 0 aliphatic rings. The van der Waals surface area contributed by atoms with Gasteiger partial charge in [-0.2, -0.15) is 5.10 Å². The Morgan fingerprint density at radius 2 is 2.19 bits per heavy atom. The molecule has 0 radical (unpaired) electrons. The minimum Gasteiger partial charge on any atom is -0.309 e. The Morgan fingerprint density at radius 1 is 1.38 bits per heavy atom. The molecule has 0 saturated carbocycles. The molecule has 21 heavy (non-hydrogen) atoms. The monoisotopic (exact) mass is 310 g/mol. The maximum atomic E-state index is 14.1. The van der Waals surface area contributed by atoms with Gasteiger partial charge in [-0.3, -0.25) is 4.68 Å². The van der Waals surface area contributed by atoms with E-state index in [4.69, 9.17) is 11.6 Å². The van der Waals surface area contributed by atoms with Crippen LogP contribution in [0.25, 0.3) is 0 Å². The van der Waals surface area contributed by atoms with Crippen LogP contribution in [0, 0.1) is 5.82 Å². The van der Waals surface area contributed by atoms with Crippen LogP contribution in [0.5, 0.6) is 0 Å². The van der Waals surface area contributed by atoms with Gasteiger partial charge in [-0.05, 0) is 38.1 Å². The van der Waals surface area contributed by atoms with E-state index in [1.807, 2.05) is 11.6 Å². The standard InChI is InChI=1S/C15H20ClFN4/c1-3-7-18-14(9-15-19-10-20-21(15)4-2)12-8-11(16)5-6-13(12)17/h5-6,8,10,14,18H,3-4,7,9H2,1-2H3. The first kappa shape index (κ1) is 15.9. The highest BCUT2D eigenvalue weighted by atomic mass is 35.5. The van der Waals surface area contributed by atoms with Gasteiger partial charge in [-0.15, -0.1) is 0 Å². The van der Waals surface area contributed by atoms with Crippen molar-refractivity contribution in [1.82, 2.24) is 20.1 Å². The van der Waals surface area contributed by atoms with E-state index >= 15 is 0 Å². The van der Waals surface area contributed by atoms with Crippen LogP contribution in [-0.2, 0) is 13.0 Å². The molecule has 0 saturated heterocycles. The van der Waals surface area contributed by atoms with Crippen LogP contribution < -0.4 is 5.32 Å². The van der Waals surface area contributed by atoms with E-state index in [-0.39, 0.29) is 11.9 Å². The number of hydrogen-bond donors (Lipinski definition) is 1. The summed E-state index contributed by atoms with van der Waals surface area (Å²) in [5.41, 5.74) is 0.571. The average molecular weight is 311 g/mol. The molecule has 1 aromatic carbocycles. The summed E-state index contributed by atoms with van der Waals surface area (Å²) in [5.74, 6) is 0.584. The normalized spacial score (nSPS) is 12.6. The first-order valence-corrected chi connectivity index (χ1v) is 7.58. The second-order valence-corrected chi connectivity index (χ2v) is 5.31. The van der Waals surface area contributed by atoms with Crippen molar-refractivity contribution in [1.29, 1.82) is 0 Å². The fourth-order valence-corrected chi connectivity index (χ4v) is 2.47. The summed E-state index contributed by atoms with van der Waals surface area (Å²) < 4.78 is 15.9. The highest BCUT2D eigenvalue weighted by Gasteiger charge is 2.18. The van der Waals surface area contributed by atoms with Crippen LogP contribution in [-0.4, -0.2) is 21.3 Å². The number of benzene rings is 1. The van der Waals surface area contributed by atoms with Crippen molar-refractivity contribution in [2.45, 2.75) is 39.3 Å². The summed E-state index contributed by atoms with van der Waals surface area (Å²) in [6.45, 7) is 5.63. The molecule has 1 atom stereocenters. The zero-order valence-corrected chi connectivity index (χ0v) is 13.1. The Balaban J connectivity index is 2.27. The van der Waals surface area contributed by atoms with Gasteiger partial charge in [0.2, 0.25) is 0 Å². The quantitative estimate of drug-likeness (QED) is 0.852. The smallest absolute Gasteiger partial charge is 0.138 e. The lowest BCUT2D eigenvalue weighted by molar-refractivity contribution is 0.474. The fraction of sp³-hybridized carbons (Fsp3) is 0.467. The zero-order chi connectivity index (χ0) is 15.2. The molecule has 1 N–H and O–H groups in total. The maximum Gasteiger partial charge on any atom is 0.138 e. The highest BCUT2D eigenvalue weighted by molar-refractivity contribution is 6.30. The number of nitrogens with one attached hydrogen (secondary N) is 1. The van der Waals surface area contributed by atoms with Crippen LogP contribution in [0.1, 0.15) is 37.7 Å². The highest BCUT2D eigenvalue weighted by Crippen LogP contribution is 2.24. The van der Waals surface area contributed by atoms with Gasteiger partial charge >= 0.3 is 0 Å². The van der Waals surface area contributed by atoms with E-state index in [2.05, 4.69) is 22.3 Å². The largest absolute Gasteiger partial charge is 0.309 e. The Morgan fingerprint density at radius 3 is 2.90 bits per heavy atom. The third-order valence-electron chi connectivity index (χ3n) is 3.36. The summed E-state index contributed by atoms with van der Waals surface area (Å²) in [6, 6.07) is 4.48. The molecule has 1 heterocycles. The molecule has 6 heteroatoms. The van der Waals surface area contributed by atoms with Gasteiger partial charge in [0, 0.05) is 29.6 Å². The number of aromatic nitrogens is 3. The molecule has 0 amide bonds. The molecular weight excluding hydrogens is 291 g/mol. The van der Waals surface area contributed by atoms with Crippen LogP contribution in [0.3, 0.4) is 0 Å². The van der Waals surface area contributed by atoms with Gasteiger partial charge in [-0.1, -0.05) is 18.5 Å². The zero-order valence-electron chi connectivity index (χ0n) is 12.3. The lowest BCUT2D eigenvalue weighted by Crippen LogP contribution is -2.26. The van der Waals surface area contributed by atoms with E-state index < -0.39 is 0 Å². The second-order valence-electron chi connectivity index (χ2n) is 4.87. The SMILES string of the molecule is CCCNC(Cc1ncnn1CC)c1cc(Cl)ccc1F. The third kappa shape index (κ3) is 4.02. The molecule has 4 nitrogen and oxygen atoms in total. The molecule has 0 bridgehead atoms. The lowest BCUT2D eigenvalue weighted by atomic mass is 10.0. The first-order chi connectivity index (χ1) is 10.2. The fourth-order valence-electron chi connectivity index (χ4n) is 2.29. The van der Waals surface area contributed by atoms with Crippen LogP contribution in [0.15, 0.2) is 24.5 Å². The summed E-state index contributed by atoms with van der Waals surface area (Å²) >= 11 is 6.01. The topological polar surface area (TPSA) is 42.7 Å². The minimum absolute atomic E-state index is 0.168. The van der Waals surface area contributed by atoms with E-state index in [0.29, 0.717) is 17.0 Å². The minimum atomic E-state index is -0.254. The molecule has 0 spiro atoms. The first-order valence-electron chi connectivity index (χ1n) is 7.20. The van der Waals surface area contributed by atoms with Crippen LogP contribution >= 0.6 is 11.6 Å². The molecule has 1 aromatic heterocycles. The van der Waals surface area contributed by atoms with E-state index in [1.165, 1.54) is 12.4 Å².